The van der Waals surface area contributed by atoms with Crippen molar-refractivity contribution in [1.82, 2.24) is 10.2 Å². The van der Waals surface area contributed by atoms with Crippen LogP contribution in [0.3, 0.4) is 0 Å². The van der Waals surface area contributed by atoms with Crippen LogP contribution in [0.1, 0.15) is 55.2 Å². The maximum Gasteiger partial charge on any atom is 0.255 e. The van der Waals surface area contributed by atoms with Crippen molar-refractivity contribution in [1.29, 1.82) is 0 Å². The van der Waals surface area contributed by atoms with Gasteiger partial charge < -0.3 is 10.2 Å². The van der Waals surface area contributed by atoms with Gasteiger partial charge in [0.1, 0.15) is 6.04 Å². The van der Waals surface area contributed by atoms with E-state index in [1.165, 1.54) is 0 Å². The highest BCUT2D eigenvalue weighted by molar-refractivity contribution is 8.00. The average molecular weight is 411 g/mol. The van der Waals surface area contributed by atoms with Gasteiger partial charge in [0.2, 0.25) is 5.91 Å². The first-order valence-corrected chi connectivity index (χ1v) is 11.1. The molecule has 1 fully saturated rings. The Morgan fingerprint density at radius 1 is 1.07 bits per heavy atom. The van der Waals surface area contributed by atoms with Crippen LogP contribution >= 0.6 is 11.8 Å². The fourth-order valence-electron chi connectivity index (χ4n) is 3.71. The summed E-state index contributed by atoms with van der Waals surface area (Å²) in [5, 5.41) is 3.06. The number of nitrogens with one attached hydrogen (secondary N) is 1. The lowest BCUT2D eigenvalue weighted by atomic mass is 9.94. The number of hydrogen-bond donors (Lipinski definition) is 1. The zero-order chi connectivity index (χ0) is 21.2. The second-order valence-electron chi connectivity index (χ2n) is 8.74. The highest BCUT2D eigenvalue weighted by Gasteiger charge is 2.46. The monoisotopic (exact) mass is 410 g/mol. The van der Waals surface area contributed by atoms with Crippen molar-refractivity contribution in [2.75, 3.05) is 5.75 Å². The van der Waals surface area contributed by atoms with Crippen molar-refractivity contribution in [2.24, 2.45) is 5.41 Å². The molecule has 4 nitrogen and oxygen atoms in total. The molecule has 0 bridgehead atoms. The van der Waals surface area contributed by atoms with Crippen LogP contribution in [0.15, 0.2) is 54.6 Å². The van der Waals surface area contributed by atoms with Gasteiger partial charge in [-0.2, -0.15) is 0 Å². The van der Waals surface area contributed by atoms with Crippen LogP contribution in [0, 0.1) is 12.3 Å². The van der Waals surface area contributed by atoms with Crippen molar-refractivity contribution in [3.05, 3.63) is 71.3 Å². The van der Waals surface area contributed by atoms with Crippen molar-refractivity contribution >= 4 is 23.6 Å². The molecule has 154 valence electrons. The highest BCUT2D eigenvalue weighted by Crippen LogP contribution is 2.41. The first-order chi connectivity index (χ1) is 13.7. The SMILES string of the molecule is Cc1ccccc1C(=O)N1C(C(=O)NC(C)c2ccccc2)CSC1C(C)(C)C. The molecule has 1 N–H and O–H groups in total. The van der Waals surface area contributed by atoms with Gasteiger partial charge in [0, 0.05) is 11.3 Å². The standard InChI is InChI=1S/C24H30N2O2S/c1-16-11-9-10-14-19(16)22(28)26-20(15-29-23(26)24(3,4)5)21(27)25-17(2)18-12-7-6-8-13-18/h6-14,17,20,23H,15H2,1-5H3,(H,25,27). The number of aryl methyl sites for hydroxylation is 1. The molecule has 0 aliphatic carbocycles. The molecule has 5 heteroatoms. The Kier molecular flexibility index (Phi) is 6.37. The molecule has 2 aromatic rings. The molecule has 3 unspecified atom stereocenters. The molecular formula is C24H30N2O2S. The van der Waals surface area contributed by atoms with Gasteiger partial charge in [-0.05, 0) is 36.5 Å². The van der Waals surface area contributed by atoms with Crippen molar-refractivity contribution < 1.29 is 9.59 Å². The molecule has 1 aliphatic rings. The van der Waals surface area contributed by atoms with E-state index in [1.54, 1.807) is 16.7 Å². The zero-order valence-electron chi connectivity index (χ0n) is 17.8. The quantitative estimate of drug-likeness (QED) is 0.787. The third kappa shape index (κ3) is 4.67. The minimum atomic E-state index is -0.484. The minimum absolute atomic E-state index is 0.0580. The van der Waals surface area contributed by atoms with E-state index in [-0.39, 0.29) is 28.6 Å². The molecule has 0 aromatic heterocycles. The van der Waals surface area contributed by atoms with Crippen molar-refractivity contribution in [2.45, 2.75) is 52.1 Å². The van der Waals surface area contributed by atoms with E-state index in [4.69, 9.17) is 0 Å². The molecule has 1 heterocycles. The predicted molar refractivity (Wildman–Crippen MR) is 120 cm³/mol. The number of rotatable bonds is 4. The Morgan fingerprint density at radius 2 is 1.69 bits per heavy atom. The summed E-state index contributed by atoms with van der Waals surface area (Å²) in [4.78, 5) is 28.5. The van der Waals surface area contributed by atoms with Crippen LogP contribution in [-0.2, 0) is 4.79 Å². The van der Waals surface area contributed by atoms with E-state index in [0.29, 0.717) is 11.3 Å². The van der Waals surface area contributed by atoms with E-state index >= 15 is 0 Å². The van der Waals surface area contributed by atoms with Gasteiger partial charge in [0.15, 0.2) is 0 Å². The number of nitrogens with zero attached hydrogens (tertiary/aromatic N) is 1. The average Bonchev–Trinajstić information content (AvgIpc) is 3.14. The Labute approximate surface area is 178 Å². The number of amides is 2. The number of carbonyl (C=O) groups excluding carboxylic acids is 2. The van der Waals surface area contributed by atoms with Crippen molar-refractivity contribution in [3.8, 4) is 0 Å². The first kappa shape index (κ1) is 21.4. The smallest absolute Gasteiger partial charge is 0.255 e. The summed E-state index contributed by atoms with van der Waals surface area (Å²) in [6.07, 6.45) is 0. The van der Waals surface area contributed by atoms with Crippen LogP contribution in [-0.4, -0.2) is 33.9 Å². The number of hydrogen-bond acceptors (Lipinski definition) is 3. The lowest BCUT2D eigenvalue weighted by molar-refractivity contribution is -0.125. The van der Waals surface area contributed by atoms with E-state index in [2.05, 4.69) is 26.1 Å². The van der Waals surface area contributed by atoms with E-state index in [9.17, 15) is 9.59 Å². The van der Waals surface area contributed by atoms with Gasteiger partial charge in [0.05, 0.1) is 11.4 Å². The van der Waals surface area contributed by atoms with Gasteiger partial charge in [-0.15, -0.1) is 11.8 Å². The van der Waals surface area contributed by atoms with Gasteiger partial charge in [-0.3, -0.25) is 9.59 Å². The molecule has 1 aliphatic heterocycles. The highest BCUT2D eigenvalue weighted by atomic mass is 32.2. The Hall–Kier alpha value is -2.27. The third-order valence-corrected chi connectivity index (χ3v) is 7.07. The Balaban J connectivity index is 1.87. The van der Waals surface area contributed by atoms with Crippen LogP contribution in [0.2, 0.25) is 0 Å². The number of benzene rings is 2. The summed E-state index contributed by atoms with van der Waals surface area (Å²) in [5.41, 5.74) is 2.51. The van der Waals surface area contributed by atoms with Gasteiger partial charge >= 0.3 is 0 Å². The van der Waals surface area contributed by atoms with Gasteiger partial charge in [-0.1, -0.05) is 69.3 Å². The van der Waals surface area contributed by atoms with Gasteiger partial charge in [0.25, 0.3) is 5.91 Å². The van der Waals surface area contributed by atoms with Crippen molar-refractivity contribution in [3.63, 3.8) is 0 Å². The predicted octanol–water partition coefficient (Wildman–Crippen LogP) is 4.80. The first-order valence-electron chi connectivity index (χ1n) is 10.1. The summed E-state index contributed by atoms with van der Waals surface area (Å²) < 4.78 is 0. The fourth-order valence-corrected chi connectivity index (χ4v) is 5.29. The molecule has 2 amide bonds. The molecule has 3 atom stereocenters. The van der Waals surface area contributed by atoms with Gasteiger partial charge in [-0.25, -0.2) is 0 Å². The Bertz CT molecular complexity index is 876. The maximum absolute atomic E-state index is 13.5. The molecular weight excluding hydrogens is 380 g/mol. The molecule has 0 saturated carbocycles. The second-order valence-corrected chi connectivity index (χ2v) is 9.85. The maximum atomic E-state index is 13.5. The van der Waals surface area contributed by atoms with Crippen LogP contribution < -0.4 is 5.32 Å². The van der Waals surface area contributed by atoms with Crippen LogP contribution in [0.5, 0.6) is 0 Å². The lowest BCUT2D eigenvalue weighted by Crippen LogP contribution is -2.52. The minimum Gasteiger partial charge on any atom is -0.348 e. The molecule has 0 radical (unpaired) electrons. The normalized spacial score (nSPS) is 20.4. The Morgan fingerprint density at radius 3 is 2.31 bits per heavy atom. The van der Waals surface area contributed by atoms with Crippen LogP contribution in [0.25, 0.3) is 0 Å². The lowest BCUT2D eigenvalue weighted by Gasteiger charge is -2.37. The topological polar surface area (TPSA) is 49.4 Å². The summed E-state index contributed by atoms with van der Waals surface area (Å²) in [5.74, 6) is 0.440. The number of thioether (sulfide) groups is 1. The largest absolute Gasteiger partial charge is 0.348 e. The summed E-state index contributed by atoms with van der Waals surface area (Å²) in [7, 11) is 0. The zero-order valence-corrected chi connectivity index (χ0v) is 18.6. The van der Waals surface area contributed by atoms with E-state index in [0.717, 1.165) is 11.1 Å². The molecule has 3 rings (SSSR count). The molecule has 1 saturated heterocycles. The molecule has 0 spiro atoms. The van der Waals surface area contributed by atoms with E-state index < -0.39 is 6.04 Å². The molecule has 29 heavy (non-hydrogen) atoms. The molecule has 2 aromatic carbocycles. The van der Waals surface area contributed by atoms with Crippen LogP contribution in [0.4, 0.5) is 0 Å². The van der Waals surface area contributed by atoms with E-state index in [1.807, 2.05) is 68.4 Å². The summed E-state index contributed by atoms with van der Waals surface area (Å²) in [6, 6.07) is 16.9. The summed E-state index contributed by atoms with van der Waals surface area (Å²) in [6.45, 7) is 10.3. The fraction of sp³-hybridized carbons (Fsp3) is 0.417. The summed E-state index contributed by atoms with van der Waals surface area (Å²) >= 11 is 1.69. The second kappa shape index (κ2) is 8.62. The third-order valence-electron chi connectivity index (χ3n) is 5.31. The number of carbonyl (C=O) groups is 2.